The van der Waals surface area contributed by atoms with Crippen LogP contribution < -0.4 is 10.6 Å². The van der Waals surface area contributed by atoms with Gasteiger partial charge in [0.2, 0.25) is 0 Å². The van der Waals surface area contributed by atoms with Crippen molar-refractivity contribution in [1.29, 1.82) is 0 Å². The second-order valence-electron chi connectivity index (χ2n) is 7.54. The molecule has 3 aromatic rings. The number of amides is 1. The Labute approximate surface area is 189 Å². The van der Waals surface area contributed by atoms with E-state index in [2.05, 4.69) is 15.6 Å². The summed E-state index contributed by atoms with van der Waals surface area (Å²) >= 11 is 5.65. The molecular formula is C23H24ClF3N4O. The van der Waals surface area contributed by atoms with Crippen molar-refractivity contribution in [1.82, 2.24) is 15.2 Å². The normalized spacial score (nSPS) is 11.6. The van der Waals surface area contributed by atoms with Gasteiger partial charge in [0.1, 0.15) is 5.82 Å². The highest BCUT2D eigenvalue weighted by Crippen LogP contribution is 2.35. The van der Waals surface area contributed by atoms with Gasteiger partial charge in [-0.25, -0.2) is 4.98 Å². The lowest BCUT2D eigenvalue weighted by molar-refractivity contribution is -0.137. The fraction of sp³-hybridized carbons (Fsp3) is 0.304. The quantitative estimate of drug-likeness (QED) is 0.450. The van der Waals surface area contributed by atoms with Crippen LogP contribution in [0.2, 0.25) is 5.02 Å². The molecule has 1 aromatic heterocycles. The smallest absolute Gasteiger partial charge is 0.370 e. The molecule has 0 atom stereocenters. The van der Waals surface area contributed by atoms with Crippen molar-refractivity contribution in [2.75, 3.05) is 32.5 Å². The zero-order chi connectivity index (χ0) is 23.3. The molecule has 2 N–H and O–H groups in total. The molecule has 5 nitrogen and oxygen atoms in total. The third-order valence-corrected chi connectivity index (χ3v) is 5.18. The number of hydrogen-bond acceptors (Lipinski definition) is 4. The molecule has 0 aliphatic heterocycles. The Bertz CT molecular complexity index is 1100. The molecule has 170 valence electrons. The highest BCUT2D eigenvalue weighted by Gasteiger charge is 2.33. The number of hydrogen-bond donors (Lipinski definition) is 2. The summed E-state index contributed by atoms with van der Waals surface area (Å²) in [5, 5.41) is 6.83. The third-order valence-electron chi connectivity index (χ3n) is 4.85. The minimum absolute atomic E-state index is 0.102. The summed E-state index contributed by atoms with van der Waals surface area (Å²) in [6.07, 6.45) is -3.76. The van der Waals surface area contributed by atoms with Crippen LogP contribution in [0.15, 0.2) is 48.5 Å². The number of nitrogens with one attached hydrogen (secondary N) is 2. The van der Waals surface area contributed by atoms with E-state index >= 15 is 0 Å². The first-order chi connectivity index (χ1) is 15.2. The Morgan fingerprint density at radius 1 is 1.09 bits per heavy atom. The van der Waals surface area contributed by atoms with Gasteiger partial charge in [-0.05, 0) is 42.8 Å². The maximum atomic E-state index is 13.0. The van der Waals surface area contributed by atoms with Gasteiger partial charge in [-0.3, -0.25) is 4.79 Å². The van der Waals surface area contributed by atoms with Crippen LogP contribution in [0.5, 0.6) is 0 Å². The number of benzene rings is 2. The number of carbonyl (C=O) groups is 1. The first-order valence-electron chi connectivity index (χ1n) is 10.1. The molecule has 32 heavy (non-hydrogen) atoms. The van der Waals surface area contributed by atoms with Crippen molar-refractivity contribution >= 4 is 34.2 Å². The van der Waals surface area contributed by atoms with Gasteiger partial charge >= 0.3 is 6.18 Å². The summed E-state index contributed by atoms with van der Waals surface area (Å²) in [4.78, 5) is 18.6. The minimum atomic E-state index is -4.48. The molecule has 0 fully saturated rings. The highest BCUT2D eigenvalue weighted by atomic mass is 35.5. The predicted molar refractivity (Wildman–Crippen MR) is 121 cm³/mol. The Kier molecular flexibility index (Phi) is 7.58. The van der Waals surface area contributed by atoms with Crippen molar-refractivity contribution in [2.45, 2.75) is 19.1 Å². The maximum Gasteiger partial charge on any atom is 0.417 e. The van der Waals surface area contributed by atoms with Crippen LogP contribution in [-0.4, -0.2) is 43.0 Å². The van der Waals surface area contributed by atoms with E-state index in [0.29, 0.717) is 43.0 Å². The summed E-state index contributed by atoms with van der Waals surface area (Å²) in [6.45, 7) is 1.48. The predicted octanol–water partition coefficient (Wildman–Crippen LogP) is 5.20. The molecule has 0 aliphatic rings. The average Bonchev–Trinajstić information content (AvgIpc) is 2.75. The molecule has 0 bridgehead atoms. The van der Waals surface area contributed by atoms with E-state index in [9.17, 15) is 18.0 Å². The Hall–Kier alpha value is -2.84. The topological polar surface area (TPSA) is 57.3 Å². The van der Waals surface area contributed by atoms with Gasteiger partial charge in [-0.1, -0.05) is 35.9 Å². The van der Waals surface area contributed by atoms with Crippen molar-refractivity contribution in [3.8, 4) is 0 Å². The average molecular weight is 465 g/mol. The summed E-state index contributed by atoms with van der Waals surface area (Å²) in [5.41, 5.74) is 0.983. The molecule has 2 aromatic carbocycles. The van der Waals surface area contributed by atoms with Crippen molar-refractivity contribution in [3.63, 3.8) is 0 Å². The second-order valence-corrected chi connectivity index (χ2v) is 7.95. The zero-order valence-corrected chi connectivity index (χ0v) is 18.5. The zero-order valence-electron chi connectivity index (χ0n) is 17.8. The van der Waals surface area contributed by atoms with Crippen LogP contribution in [0.25, 0.3) is 10.9 Å². The highest BCUT2D eigenvalue weighted by molar-refractivity contribution is 6.31. The molecule has 9 heteroatoms. The number of carbonyl (C=O) groups excluding carboxylic acids is 1. The first kappa shape index (κ1) is 23.8. The number of halogens is 4. The Morgan fingerprint density at radius 2 is 1.84 bits per heavy atom. The van der Waals surface area contributed by atoms with Crippen molar-refractivity contribution < 1.29 is 18.0 Å². The molecular weight excluding hydrogens is 441 g/mol. The fourth-order valence-corrected chi connectivity index (χ4v) is 3.47. The van der Waals surface area contributed by atoms with Crippen LogP contribution in [0.4, 0.5) is 19.0 Å². The lowest BCUT2D eigenvalue weighted by Gasteiger charge is -2.14. The Balaban J connectivity index is 1.55. The molecule has 0 spiro atoms. The standard InChI is InChI=1S/C23H24ClF3N4O/c1-31(2)22(32)17-13-21(30-20-7-4-3-6-16(17)20)29-11-5-10-28-14-15-8-9-19(24)18(12-15)23(25,26)27/h3-4,6-9,12-13,28H,5,10-11,14H2,1-2H3,(H,29,30). The van der Waals surface area contributed by atoms with Crippen LogP contribution in [-0.2, 0) is 12.7 Å². The van der Waals surface area contributed by atoms with Gasteiger partial charge in [0, 0.05) is 32.6 Å². The van der Waals surface area contributed by atoms with Crippen LogP contribution in [0.1, 0.15) is 27.9 Å². The summed E-state index contributed by atoms with van der Waals surface area (Å²) in [6, 6.07) is 13.1. The van der Waals surface area contributed by atoms with Gasteiger partial charge in [0.15, 0.2) is 0 Å². The van der Waals surface area contributed by atoms with Crippen molar-refractivity contribution in [3.05, 3.63) is 70.2 Å². The lowest BCUT2D eigenvalue weighted by Crippen LogP contribution is -2.22. The van der Waals surface area contributed by atoms with Crippen LogP contribution >= 0.6 is 11.6 Å². The van der Waals surface area contributed by atoms with E-state index in [-0.39, 0.29) is 10.9 Å². The SMILES string of the molecule is CN(C)C(=O)c1cc(NCCCNCc2ccc(Cl)c(C(F)(F)F)c2)nc2ccccc12. The van der Waals surface area contributed by atoms with Gasteiger partial charge in [0.05, 0.1) is 21.7 Å². The number of nitrogens with zero attached hydrogens (tertiary/aromatic N) is 2. The number of anilines is 1. The Morgan fingerprint density at radius 3 is 2.56 bits per heavy atom. The number of aromatic nitrogens is 1. The fourth-order valence-electron chi connectivity index (χ4n) is 3.25. The van der Waals surface area contributed by atoms with Crippen molar-refractivity contribution in [2.24, 2.45) is 0 Å². The second kappa shape index (κ2) is 10.2. The number of para-hydroxylation sites is 1. The summed E-state index contributed by atoms with van der Waals surface area (Å²) in [7, 11) is 3.41. The van der Waals surface area contributed by atoms with Crippen LogP contribution in [0.3, 0.4) is 0 Å². The van der Waals surface area contributed by atoms with Gasteiger partial charge < -0.3 is 15.5 Å². The van der Waals surface area contributed by atoms with E-state index < -0.39 is 11.7 Å². The summed E-state index contributed by atoms with van der Waals surface area (Å²) < 4.78 is 38.9. The van der Waals surface area contributed by atoms with Gasteiger partial charge in [-0.15, -0.1) is 0 Å². The molecule has 1 heterocycles. The van der Waals surface area contributed by atoms with E-state index in [1.807, 2.05) is 24.3 Å². The molecule has 0 radical (unpaired) electrons. The van der Waals surface area contributed by atoms with Gasteiger partial charge in [0.25, 0.3) is 5.91 Å². The molecule has 0 saturated heterocycles. The van der Waals surface area contributed by atoms with E-state index in [4.69, 9.17) is 11.6 Å². The molecule has 0 saturated carbocycles. The molecule has 0 unspecified atom stereocenters. The number of fused-ring (bicyclic) bond motifs is 1. The molecule has 3 rings (SSSR count). The van der Waals surface area contributed by atoms with Crippen LogP contribution in [0, 0.1) is 0 Å². The lowest BCUT2D eigenvalue weighted by atomic mass is 10.1. The first-order valence-corrected chi connectivity index (χ1v) is 10.5. The minimum Gasteiger partial charge on any atom is -0.370 e. The van der Waals surface area contributed by atoms with Gasteiger partial charge in [-0.2, -0.15) is 13.2 Å². The monoisotopic (exact) mass is 464 g/mol. The van der Waals surface area contributed by atoms with E-state index in [1.54, 1.807) is 26.2 Å². The maximum absolute atomic E-state index is 13.0. The number of rotatable bonds is 8. The summed E-state index contributed by atoms with van der Waals surface area (Å²) in [5.74, 6) is 0.496. The molecule has 1 amide bonds. The number of pyridine rings is 1. The largest absolute Gasteiger partial charge is 0.417 e. The third kappa shape index (κ3) is 5.89. The molecule has 0 aliphatic carbocycles. The van der Waals surface area contributed by atoms with E-state index in [0.717, 1.165) is 17.0 Å². The number of alkyl halides is 3. The van der Waals surface area contributed by atoms with E-state index in [1.165, 1.54) is 11.0 Å².